The van der Waals surface area contributed by atoms with E-state index >= 15 is 0 Å². The van der Waals surface area contributed by atoms with Gasteiger partial charge in [0.1, 0.15) is 5.82 Å². The van der Waals surface area contributed by atoms with Crippen molar-refractivity contribution in [3.8, 4) is 11.5 Å². The Morgan fingerprint density at radius 2 is 2.27 bits per heavy atom. The van der Waals surface area contributed by atoms with Gasteiger partial charge in [-0.15, -0.1) is 11.6 Å². The van der Waals surface area contributed by atoms with E-state index in [1.165, 1.54) is 12.1 Å². The Labute approximate surface area is 90.9 Å². The standard InChI is InChI=1S/C10H8ClFN2O/c11-5-4-9-13-10(15-14-9)7-2-1-3-8(12)6-7/h1-3,6H,4-5H2. The third-order valence-electron chi connectivity index (χ3n) is 1.86. The van der Waals surface area contributed by atoms with Crippen molar-refractivity contribution < 1.29 is 8.91 Å². The van der Waals surface area contributed by atoms with E-state index in [2.05, 4.69) is 10.1 Å². The van der Waals surface area contributed by atoms with Gasteiger partial charge in [0.15, 0.2) is 5.82 Å². The molecule has 0 aliphatic heterocycles. The van der Waals surface area contributed by atoms with Gasteiger partial charge in [0.05, 0.1) is 0 Å². The molecule has 0 spiro atoms. The molecule has 0 unspecified atom stereocenters. The maximum atomic E-state index is 12.9. The fraction of sp³-hybridized carbons (Fsp3) is 0.200. The highest BCUT2D eigenvalue weighted by molar-refractivity contribution is 6.17. The van der Waals surface area contributed by atoms with Gasteiger partial charge < -0.3 is 4.52 Å². The van der Waals surface area contributed by atoms with Gasteiger partial charge in [-0.3, -0.25) is 0 Å². The Morgan fingerprint density at radius 1 is 1.40 bits per heavy atom. The molecule has 78 valence electrons. The predicted octanol–water partition coefficient (Wildman–Crippen LogP) is 2.66. The van der Waals surface area contributed by atoms with Crippen LogP contribution in [0.2, 0.25) is 0 Å². The van der Waals surface area contributed by atoms with Crippen molar-refractivity contribution in [1.29, 1.82) is 0 Å². The van der Waals surface area contributed by atoms with Gasteiger partial charge in [-0.05, 0) is 18.2 Å². The van der Waals surface area contributed by atoms with Crippen molar-refractivity contribution in [2.24, 2.45) is 0 Å². The molecule has 15 heavy (non-hydrogen) atoms. The molecule has 0 atom stereocenters. The summed E-state index contributed by atoms with van der Waals surface area (Å²) in [6.45, 7) is 0. The van der Waals surface area contributed by atoms with E-state index in [9.17, 15) is 4.39 Å². The average molecular weight is 227 g/mol. The minimum Gasteiger partial charge on any atom is -0.334 e. The lowest BCUT2D eigenvalue weighted by molar-refractivity contribution is 0.423. The number of aromatic nitrogens is 2. The van der Waals surface area contributed by atoms with Gasteiger partial charge in [-0.2, -0.15) is 4.98 Å². The van der Waals surface area contributed by atoms with Crippen molar-refractivity contribution in [3.63, 3.8) is 0 Å². The normalized spacial score (nSPS) is 10.5. The van der Waals surface area contributed by atoms with Gasteiger partial charge in [-0.25, -0.2) is 4.39 Å². The number of alkyl halides is 1. The molecule has 0 saturated carbocycles. The van der Waals surface area contributed by atoms with Crippen molar-refractivity contribution in [2.75, 3.05) is 5.88 Å². The first-order valence-electron chi connectivity index (χ1n) is 4.44. The third kappa shape index (κ3) is 2.33. The molecule has 1 heterocycles. The van der Waals surface area contributed by atoms with Crippen LogP contribution in [0, 0.1) is 5.82 Å². The first-order valence-corrected chi connectivity index (χ1v) is 4.97. The van der Waals surface area contributed by atoms with E-state index in [0.717, 1.165) is 0 Å². The second-order valence-corrected chi connectivity index (χ2v) is 3.34. The predicted molar refractivity (Wildman–Crippen MR) is 54.1 cm³/mol. The van der Waals surface area contributed by atoms with Gasteiger partial charge in [-0.1, -0.05) is 11.2 Å². The van der Waals surface area contributed by atoms with Gasteiger partial charge in [0.2, 0.25) is 0 Å². The zero-order valence-electron chi connectivity index (χ0n) is 7.78. The summed E-state index contributed by atoms with van der Waals surface area (Å²) in [5.74, 6) is 0.950. The lowest BCUT2D eigenvalue weighted by Crippen LogP contribution is -1.88. The van der Waals surface area contributed by atoms with Crippen molar-refractivity contribution in [1.82, 2.24) is 10.1 Å². The molecule has 2 rings (SSSR count). The SMILES string of the molecule is Fc1cccc(-c2nc(CCCl)no2)c1. The molecule has 0 aliphatic carbocycles. The Hall–Kier alpha value is -1.42. The van der Waals surface area contributed by atoms with Crippen LogP contribution < -0.4 is 0 Å². The zero-order chi connectivity index (χ0) is 10.7. The summed E-state index contributed by atoms with van der Waals surface area (Å²) in [5, 5.41) is 3.72. The first-order chi connectivity index (χ1) is 7.29. The average Bonchev–Trinajstić information content (AvgIpc) is 2.67. The molecule has 0 fully saturated rings. The Morgan fingerprint density at radius 3 is 3.00 bits per heavy atom. The molecule has 1 aromatic carbocycles. The second kappa shape index (κ2) is 4.40. The molecule has 0 amide bonds. The Balaban J connectivity index is 2.29. The Kier molecular flexibility index (Phi) is 2.97. The van der Waals surface area contributed by atoms with Crippen molar-refractivity contribution in [2.45, 2.75) is 6.42 Å². The minimum absolute atomic E-state index is 0.314. The number of benzene rings is 1. The van der Waals surface area contributed by atoms with E-state index in [1.807, 2.05) is 0 Å². The summed E-state index contributed by atoms with van der Waals surface area (Å²) in [4.78, 5) is 4.08. The number of nitrogens with zero attached hydrogens (tertiary/aromatic N) is 2. The third-order valence-corrected chi connectivity index (χ3v) is 2.05. The van der Waals surface area contributed by atoms with Gasteiger partial charge in [0, 0.05) is 17.9 Å². The van der Waals surface area contributed by atoms with Gasteiger partial charge >= 0.3 is 0 Å². The monoisotopic (exact) mass is 226 g/mol. The van der Waals surface area contributed by atoms with E-state index in [1.54, 1.807) is 12.1 Å². The summed E-state index contributed by atoms with van der Waals surface area (Å²) < 4.78 is 17.9. The highest BCUT2D eigenvalue weighted by atomic mass is 35.5. The van der Waals surface area contributed by atoms with Crippen LogP contribution in [0.15, 0.2) is 28.8 Å². The fourth-order valence-corrected chi connectivity index (χ4v) is 1.35. The molecule has 0 saturated heterocycles. The molecule has 3 nitrogen and oxygen atoms in total. The number of hydrogen-bond acceptors (Lipinski definition) is 3. The highest BCUT2D eigenvalue weighted by Gasteiger charge is 2.08. The number of aryl methyl sites for hydroxylation is 1. The molecule has 0 radical (unpaired) electrons. The van der Waals surface area contributed by atoms with Crippen LogP contribution in [0.5, 0.6) is 0 Å². The summed E-state index contributed by atoms with van der Waals surface area (Å²) in [6.07, 6.45) is 0.542. The molecule has 1 aromatic heterocycles. The van der Waals surface area contributed by atoms with E-state index < -0.39 is 0 Å². The lowest BCUT2D eigenvalue weighted by Gasteiger charge is -1.92. The zero-order valence-corrected chi connectivity index (χ0v) is 8.54. The molecule has 5 heteroatoms. The van der Waals surface area contributed by atoms with Crippen LogP contribution in [0.3, 0.4) is 0 Å². The summed E-state index contributed by atoms with van der Waals surface area (Å²) >= 11 is 5.53. The van der Waals surface area contributed by atoms with Crippen LogP contribution in [0.1, 0.15) is 5.82 Å². The number of halogens is 2. The number of rotatable bonds is 3. The van der Waals surface area contributed by atoms with Crippen LogP contribution >= 0.6 is 11.6 Å². The summed E-state index contributed by atoms with van der Waals surface area (Å²) in [5.41, 5.74) is 0.573. The van der Waals surface area contributed by atoms with Crippen LogP contribution in [0.25, 0.3) is 11.5 Å². The van der Waals surface area contributed by atoms with Crippen molar-refractivity contribution >= 4 is 11.6 Å². The molecular weight excluding hydrogens is 219 g/mol. The summed E-state index contributed by atoms with van der Waals surface area (Å²) in [7, 11) is 0. The minimum atomic E-state index is -0.329. The summed E-state index contributed by atoms with van der Waals surface area (Å²) in [6, 6.07) is 6.01. The smallest absolute Gasteiger partial charge is 0.258 e. The van der Waals surface area contributed by atoms with Crippen LogP contribution in [-0.2, 0) is 6.42 Å². The van der Waals surface area contributed by atoms with Gasteiger partial charge in [0.25, 0.3) is 5.89 Å². The van der Waals surface area contributed by atoms with Crippen LogP contribution in [0.4, 0.5) is 4.39 Å². The molecular formula is C10H8ClFN2O. The topological polar surface area (TPSA) is 38.9 Å². The van der Waals surface area contributed by atoms with Crippen molar-refractivity contribution in [3.05, 3.63) is 35.9 Å². The lowest BCUT2D eigenvalue weighted by atomic mass is 10.2. The molecule has 2 aromatic rings. The number of hydrogen-bond donors (Lipinski definition) is 0. The maximum absolute atomic E-state index is 12.9. The second-order valence-electron chi connectivity index (χ2n) is 2.97. The molecule has 0 aliphatic rings. The molecule has 0 N–H and O–H groups in total. The fourth-order valence-electron chi connectivity index (χ4n) is 1.18. The highest BCUT2D eigenvalue weighted by Crippen LogP contribution is 2.17. The molecule has 0 bridgehead atoms. The van der Waals surface area contributed by atoms with E-state index in [0.29, 0.717) is 29.6 Å². The van der Waals surface area contributed by atoms with E-state index in [-0.39, 0.29) is 5.82 Å². The van der Waals surface area contributed by atoms with Crippen LogP contribution in [-0.4, -0.2) is 16.0 Å². The van der Waals surface area contributed by atoms with E-state index in [4.69, 9.17) is 16.1 Å². The largest absolute Gasteiger partial charge is 0.334 e. The maximum Gasteiger partial charge on any atom is 0.258 e. The first kappa shape index (κ1) is 10.1. The Bertz CT molecular complexity index is 458. The quantitative estimate of drug-likeness (QED) is 0.756.